The van der Waals surface area contributed by atoms with E-state index in [2.05, 4.69) is 41.9 Å². The predicted molar refractivity (Wildman–Crippen MR) is 105 cm³/mol. The van der Waals surface area contributed by atoms with Crippen LogP contribution in [0.25, 0.3) is 22.2 Å². The minimum atomic E-state index is -0.930. The molecule has 1 atom stereocenters. The molecule has 0 fully saturated rings. The first-order valence-corrected chi connectivity index (χ1v) is 9.15. The zero-order chi connectivity index (χ0) is 18.1. The normalized spacial score (nSPS) is 12.3. The summed E-state index contributed by atoms with van der Waals surface area (Å²) in [5.74, 6) is -0.424. The lowest BCUT2D eigenvalue weighted by Gasteiger charge is -2.14. The Balaban J connectivity index is 2.21. The summed E-state index contributed by atoms with van der Waals surface area (Å²) in [5, 5.41) is 10.4. The van der Waals surface area contributed by atoms with Crippen molar-refractivity contribution in [3.8, 4) is 11.3 Å². The molecule has 0 aliphatic heterocycles. The monoisotopic (exact) mass is 397 g/mol. The van der Waals surface area contributed by atoms with Gasteiger partial charge in [0.15, 0.2) is 0 Å². The summed E-state index contributed by atoms with van der Waals surface area (Å²) in [6, 6.07) is 13.8. The summed E-state index contributed by atoms with van der Waals surface area (Å²) in [5.41, 5.74) is 4.64. The fraction of sp³-hybridized carbons (Fsp3) is 0.238. The van der Waals surface area contributed by atoms with Crippen LogP contribution in [0.5, 0.6) is 0 Å². The highest BCUT2D eigenvalue weighted by Gasteiger charge is 2.18. The SMILES string of the molecule is CC[C@@H](C)c1ccc(-c2nc3ccc(Br)cc3c(C(=O)O)c2C)cc1. The molecule has 1 aromatic heterocycles. The van der Waals surface area contributed by atoms with Gasteiger partial charge in [0.05, 0.1) is 16.8 Å². The Morgan fingerprint density at radius 2 is 1.88 bits per heavy atom. The van der Waals surface area contributed by atoms with E-state index in [0.29, 0.717) is 27.9 Å². The van der Waals surface area contributed by atoms with Crippen molar-refractivity contribution >= 4 is 32.8 Å². The van der Waals surface area contributed by atoms with Crippen molar-refractivity contribution in [3.05, 3.63) is 63.6 Å². The molecule has 0 saturated heterocycles. The molecule has 25 heavy (non-hydrogen) atoms. The number of aromatic nitrogens is 1. The van der Waals surface area contributed by atoms with Crippen molar-refractivity contribution in [2.24, 2.45) is 0 Å². The lowest BCUT2D eigenvalue weighted by Crippen LogP contribution is -2.05. The topological polar surface area (TPSA) is 50.2 Å². The summed E-state index contributed by atoms with van der Waals surface area (Å²) in [6.07, 6.45) is 1.09. The van der Waals surface area contributed by atoms with Crippen LogP contribution in [0.1, 0.15) is 47.7 Å². The molecule has 0 aliphatic carbocycles. The Morgan fingerprint density at radius 3 is 2.48 bits per heavy atom. The number of aromatic carboxylic acids is 1. The fourth-order valence-electron chi connectivity index (χ4n) is 3.09. The van der Waals surface area contributed by atoms with Gasteiger partial charge < -0.3 is 5.11 Å². The Bertz CT molecular complexity index is 948. The van der Waals surface area contributed by atoms with Crippen LogP contribution in [0.15, 0.2) is 46.9 Å². The van der Waals surface area contributed by atoms with E-state index < -0.39 is 5.97 Å². The molecule has 0 spiro atoms. The number of rotatable bonds is 4. The molecule has 0 bridgehead atoms. The molecule has 3 aromatic rings. The number of hydrogen-bond donors (Lipinski definition) is 1. The van der Waals surface area contributed by atoms with Crippen molar-refractivity contribution in [1.29, 1.82) is 0 Å². The van der Waals surface area contributed by atoms with Crippen molar-refractivity contribution in [3.63, 3.8) is 0 Å². The zero-order valence-corrected chi connectivity index (χ0v) is 16.1. The minimum Gasteiger partial charge on any atom is -0.478 e. The third kappa shape index (κ3) is 3.31. The van der Waals surface area contributed by atoms with Crippen molar-refractivity contribution < 1.29 is 9.90 Å². The summed E-state index contributed by atoms with van der Waals surface area (Å²) < 4.78 is 0.842. The van der Waals surface area contributed by atoms with Crippen LogP contribution in [0.4, 0.5) is 0 Å². The largest absolute Gasteiger partial charge is 0.478 e. The quantitative estimate of drug-likeness (QED) is 0.571. The van der Waals surface area contributed by atoms with Gasteiger partial charge in [-0.2, -0.15) is 0 Å². The van der Waals surface area contributed by atoms with Crippen LogP contribution >= 0.6 is 15.9 Å². The summed E-state index contributed by atoms with van der Waals surface area (Å²) in [7, 11) is 0. The van der Waals surface area contributed by atoms with Gasteiger partial charge in [0.25, 0.3) is 0 Å². The molecule has 3 rings (SSSR count). The number of pyridine rings is 1. The molecule has 3 nitrogen and oxygen atoms in total. The Hall–Kier alpha value is -2.20. The highest BCUT2D eigenvalue weighted by molar-refractivity contribution is 9.10. The first-order valence-electron chi connectivity index (χ1n) is 8.35. The van der Waals surface area contributed by atoms with E-state index in [1.54, 1.807) is 0 Å². The standard InChI is InChI=1S/C21H20BrNO2/c1-4-12(2)14-5-7-15(8-6-14)20-13(3)19(21(24)25)17-11-16(22)9-10-18(17)23-20/h5-12H,4H2,1-3H3,(H,24,25)/t12-/m1/s1. The maximum absolute atomic E-state index is 11.9. The summed E-state index contributed by atoms with van der Waals surface area (Å²) >= 11 is 3.41. The number of carboxylic acids is 1. The van der Waals surface area contributed by atoms with E-state index >= 15 is 0 Å². The van der Waals surface area contributed by atoms with Crippen LogP contribution in [0.3, 0.4) is 0 Å². The van der Waals surface area contributed by atoms with Gasteiger partial charge in [-0.1, -0.05) is 54.0 Å². The number of carbonyl (C=O) groups is 1. The van der Waals surface area contributed by atoms with Gasteiger partial charge in [-0.15, -0.1) is 0 Å². The first kappa shape index (κ1) is 17.6. The van der Waals surface area contributed by atoms with Crippen LogP contribution in [-0.2, 0) is 0 Å². The lowest BCUT2D eigenvalue weighted by molar-refractivity contribution is 0.0698. The second kappa shape index (κ2) is 6.96. The van der Waals surface area contributed by atoms with Gasteiger partial charge in [-0.3, -0.25) is 0 Å². The van der Waals surface area contributed by atoms with E-state index in [0.717, 1.165) is 22.2 Å². The molecular weight excluding hydrogens is 378 g/mol. The van der Waals surface area contributed by atoms with Crippen molar-refractivity contribution in [2.75, 3.05) is 0 Å². The number of nitrogens with zero attached hydrogens (tertiary/aromatic N) is 1. The van der Waals surface area contributed by atoms with Gasteiger partial charge in [0.1, 0.15) is 0 Å². The Morgan fingerprint density at radius 1 is 1.20 bits per heavy atom. The number of hydrogen-bond acceptors (Lipinski definition) is 2. The van der Waals surface area contributed by atoms with Gasteiger partial charge in [-0.05, 0) is 48.6 Å². The number of carboxylic acid groups (broad SMARTS) is 1. The molecule has 1 heterocycles. The minimum absolute atomic E-state index is 0.312. The molecule has 2 aromatic carbocycles. The second-order valence-corrected chi connectivity index (χ2v) is 7.27. The number of fused-ring (bicyclic) bond motifs is 1. The van der Waals surface area contributed by atoms with Gasteiger partial charge in [0.2, 0.25) is 0 Å². The third-order valence-corrected chi connectivity index (χ3v) is 5.26. The lowest BCUT2D eigenvalue weighted by atomic mass is 9.94. The van der Waals surface area contributed by atoms with Gasteiger partial charge in [0, 0.05) is 15.4 Å². The smallest absolute Gasteiger partial charge is 0.336 e. The number of halogens is 1. The van der Waals surface area contributed by atoms with E-state index in [9.17, 15) is 9.90 Å². The fourth-order valence-corrected chi connectivity index (χ4v) is 3.45. The van der Waals surface area contributed by atoms with Crippen LogP contribution in [-0.4, -0.2) is 16.1 Å². The maximum Gasteiger partial charge on any atom is 0.336 e. The molecule has 1 N–H and O–H groups in total. The Kier molecular flexibility index (Phi) is 4.91. The highest BCUT2D eigenvalue weighted by atomic mass is 79.9. The summed E-state index contributed by atoms with van der Waals surface area (Å²) in [6.45, 7) is 6.20. The van der Waals surface area contributed by atoms with E-state index in [1.807, 2.05) is 37.3 Å². The molecule has 128 valence electrons. The second-order valence-electron chi connectivity index (χ2n) is 6.36. The van der Waals surface area contributed by atoms with Gasteiger partial charge >= 0.3 is 5.97 Å². The molecule has 0 radical (unpaired) electrons. The van der Waals surface area contributed by atoms with Gasteiger partial charge in [-0.25, -0.2) is 9.78 Å². The number of benzene rings is 2. The maximum atomic E-state index is 11.9. The van der Waals surface area contributed by atoms with Crippen LogP contribution in [0.2, 0.25) is 0 Å². The van der Waals surface area contributed by atoms with E-state index in [-0.39, 0.29) is 0 Å². The Labute approximate surface area is 155 Å². The average molecular weight is 398 g/mol. The summed E-state index contributed by atoms with van der Waals surface area (Å²) in [4.78, 5) is 16.6. The van der Waals surface area contributed by atoms with E-state index in [1.165, 1.54) is 5.56 Å². The molecular formula is C21H20BrNO2. The molecule has 4 heteroatoms. The third-order valence-electron chi connectivity index (χ3n) is 4.77. The zero-order valence-electron chi connectivity index (χ0n) is 14.5. The van der Waals surface area contributed by atoms with Crippen LogP contribution < -0.4 is 0 Å². The first-order chi connectivity index (χ1) is 11.9. The molecule has 0 saturated carbocycles. The van der Waals surface area contributed by atoms with Crippen molar-refractivity contribution in [1.82, 2.24) is 4.98 Å². The molecule has 0 aliphatic rings. The van der Waals surface area contributed by atoms with Crippen molar-refractivity contribution in [2.45, 2.75) is 33.1 Å². The van der Waals surface area contributed by atoms with Crippen LogP contribution in [0, 0.1) is 6.92 Å². The molecule has 0 unspecified atom stereocenters. The predicted octanol–water partition coefficient (Wildman–Crippen LogP) is 6.18. The highest BCUT2D eigenvalue weighted by Crippen LogP contribution is 2.32. The van der Waals surface area contributed by atoms with E-state index in [4.69, 9.17) is 4.98 Å². The molecule has 0 amide bonds. The average Bonchev–Trinajstić information content (AvgIpc) is 2.60.